The van der Waals surface area contributed by atoms with E-state index in [1.54, 1.807) is 0 Å². The molecule has 1 aliphatic rings. The monoisotopic (exact) mass is 158 g/mol. The number of terminal acetylenes is 1. The van der Waals surface area contributed by atoms with Gasteiger partial charge in [0, 0.05) is 6.42 Å². The molecule has 0 saturated carbocycles. The van der Waals surface area contributed by atoms with Gasteiger partial charge in [-0.15, -0.1) is 6.42 Å². The lowest BCUT2D eigenvalue weighted by atomic mass is 10.3. The van der Waals surface area contributed by atoms with Gasteiger partial charge in [0.15, 0.2) is 0 Å². The predicted octanol–water partition coefficient (Wildman–Crippen LogP) is 0.128. The van der Waals surface area contributed by atoms with Crippen LogP contribution >= 0.6 is 0 Å². The normalized spacial score (nSPS) is 37.0. The van der Waals surface area contributed by atoms with Gasteiger partial charge in [-0.1, -0.05) is 0 Å². The third kappa shape index (κ3) is 1.70. The van der Waals surface area contributed by atoms with Crippen LogP contribution in [0, 0.1) is 12.3 Å². The van der Waals surface area contributed by atoms with Crippen molar-refractivity contribution in [1.82, 2.24) is 0 Å². The summed E-state index contributed by atoms with van der Waals surface area (Å²) in [5.41, 5.74) is 0. The van der Waals surface area contributed by atoms with Crippen molar-refractivity contribution in [3.8, 4) is 12.3 Å². The summed E-state index contributed by atoms with van der Waals surface area (Å²) < 4.78 is 12.7. The van der Waals surface area contributed by atoms with E-state index in [1.807, 2.05) is 0 Å². The zero-order chi connectivity index (χ0) is 8.32. The Morgan fingerprint density at radius 1 is 1.73 bits per heavy atom. The molecule has 1 N–H and O–H groups in total. The molecule has 0 aliphatic carbocycles. The van der Waals surface area contributed by atoms with E-state index in [0.29, 0.717) is 26.1 Å². The Bertz CT molecular complexity index is 177. The van der Waals surface area contributed by atoms with E-state index in [0.717, 1.165) is 0 Å². The minimum atomic E-state index is -0.457. The van der Waals surface area contributed by atoms with Gasteiger partial charge in [-0.25, -0.2) is 0 Å². The standard InChI is InChI=1S/C8H13FNO/c1-2-4-10(7-9)5-3-8(11)6-10/h1,8,11H,3-7H2/q+1/t8-,10?/m1/s1. The van der Waals surface area contributed by atoms with Crippen LogP contribution in [0.15, 0.2) is 0 Å². The third-order valence-corrected chi connectivity index (χ3v) is 2.21. The summed E-state index contributed by atoms with van der Waals surface area (Å²) in [6.45, 7) is 1.08. The molecule has 2 atom stereocenters. The smallest absolute Gasteiger partial charge is 0.222 e. The number of rotatable bonds is 2. The van der Waals surface area contributed by atoms with Crippen LogP contribution in [0.1, 0.15) is 6.42 Å². The van der Waals surface area contributed by atoms with Crippen molar-refractivity contribution in [1.29, 1.82) is 0 Å². The molecule has 1 aliphatic heterocycles. The summed E-state index contributed by atoms with van der Waals surface area (Å²) in [7, 11) is 0. The van der Waals surface area contributed by atoms with Gasteiger partial charge in [0.05, 0.1) is 6.54 Å². The number of aliphatic hydroxyl groups is 1. The molecule has 1 rings (SSSR count). The average Bonchev–Trinajstić information content (AvgIpc) is 2.34. The molecule has 0 aromatic carbocycles. The number of alkyl halides is 1. The summed E-state index contributed by atoms with van der Waals surface area (Å²) in [6.07, 6.45) is 5.41. The van der Waals surface area contributed by atoms with Crippen molar-refractivity contribution < 1.29 is 14.0 Å². The second-order valence-corrected chi connectivity index (χ2v) is 3.17. The van der Waals surface area contributed by atoms with Gasteiger partial charge < -0.3 is 5.11 Å². The van der Waals surface area contributed by atoms with Crippen molar-refractivity contribution in [2.75, 3.05) is 26.4 Å². The second-order valence-electron chi connectivity index (χ2n) is 3.17. The van der Waals surface area contributed by atoms with Crippen LogP contribution in [0.4, 0.5) is 4.39 Å². The van der Waals surface area contributed by atoms with Gasteiger partial charge in [-0.3, -0.25) is 4.48 Å². The minimum Gasteiger partial charge on any atom is -0.387 e. The Balaban J connectivity index is 2.56. The lowest BCUT2D eigenvalue weighted by molar-refractivity contribution is -0.923. The molecule has 0 spiro atoms. The first-order valence-electron chi connectivity index (χ1n) is 3.75. The van der Waals surface area contributed by atoms with Gasteiger partial charge in [-0.05, 0) is 5.92 Å². The number of aliphatic hydroxyl groups excluding tert-OH is 1. The maximum atomic E-state index is 12.5. The highest BCUT2D eigenvalue weighted by molar-refractivity contribution is 4.85. The van der Waals surface area contributed by atoms with Gasteiger partial charge in [0.1, 0.15) is 19.2 Å². The van der Waals surface area contributed by atoms with E-state index >= 15 is 0 Å². The maximum absolute atomic E-state index is 12.5. The number of hydrogen-bond acceptors (Lipinski definition) is 1. The van der Waals surface area contributed by atoms with Crippen LogP contribution in [-0.2, 0) is 0 Å². The lowest BCUT2D eigenvalue weighted by Crippen LogP contribution is -2.46. The average molecular weight is 158 g/mol. The first kappa shape index (κ1) is 8.51. The molecule has 0 aromatic heterocycles. The van der Waals surface area contributed by atoms with Gasteiger partial charge in [-0.2, -0.15) is 4.39 Å². The minimum absolute atomic E-state index is 0.248. The first-order chi connectivity index (χ1) is 5.22. The van der Waals surface area contributed by atoms with Crippen molar-refractivity contribution >= 4 is 0 Å². The van der Waals surface area contributed by atoms with Crippen LogP contribution in [-0.4, -0.2) is 42.1 Å². The molecule has 3 heteroatoms. The molecule has 0 aromatic rings. The maximum Gasteiger partial charge on any atom is 0.222 e. The fourth-order valence-corrected chi connectivity index (χ4v) is 1.54. The van der Waals surface area contributed by atoms with Crippen molar-refractivity contribution in [3.63, 3.8) is 0 Å². The Labute approximate surface area is 66.2 Å². The summed E-state index contributed by atoms with van der Waals surface area (Å²) in [5, 5.41) is 9.17. The van der Waals surface area contributed by atoms with E-state index in [9.17, 15) is 9.50 Å². The largest absolute Gasteiger partial charge is 0.387 e. The molecule has 0 bridgehead atoms. The van der Waals surface area contributed by atoms with Gasteiger partial charge in [0.2, 0.25) is 6.80 Å². The molecule has 1 saturated heterocycles. The van der Waals surface area contributed by atoms with Gasteiger partial charge in [0.25, 0.3) is 0 Å². The van der Waals surface area contributed by atoms with Crippen LogP contribution in [0.3, 0.4) is 0 Å². The molecule has 2 nitrogen and oxygen atoms in total. The number of nitrogens with zero attached hydrogens (tertiary/aromatic N) is 1. The number of hydrogen-bond donors (Lipinski definition) is 1. The zero-order valence-corrected chi connectivity index (χ0v) is 6.46. The molecule has 0 amide bonds. The molecule has 1 unspecified atom stereocenters. The Morgan fingerprint density at radius 2 is 2.45 bits per heavy atom. The van der Waals surface area contributed by atoms with Crippen LogP contribution in [0.25, 0.3) is 0 Å². The van der Waals surface area contributed by atoms with Crippen molar-refractivity contribution in [2.24, 2.45) is 0 Å². The summed E-state index contributed by atoms with van der Waals surface area (Å²) >= 11 is 0. The zero-order valence-electron chi connectivity index (χ0n) is 6.46. The molecular formula is C8H13FNO+. The molecule has 0 radical (unpaired) electrons. The van der Waals surface area contributed by atoms with E-state index < -0.39 is 6.80 Å². The van der Waals surface area contributed by atoms with Crippen molar-refractivity contribution in [2.45, 2.75) is 12.5 Å². The fourth-order valence-electron chi connectivity index (χ4n) is 1.54. The SMILES string of the molecule is C#CC[N+]1(CF)CC[C@@H](O)C1. The van der Waals surface area contributed by atoms with Crippen LogP contribution in [0.5, 0.6) is 0 Å². The predicted molar refractivity (Wildman–Crippen MR) is 40.3 cm³/mol. The molecule has 62 valence electrons. The number of likely N-dealkylation sites (tertiary alicyclic amines) is 1. The van der Waals surface area contributed by atoms with E-state index in [-0.39, 0.29) is 10.6 Å². The molecule has 1 heterocycles. The van der Waals surface area contributed by atoms with E-state index in [1.165, 1.54) is 0 Å². The summed E-state index contributed by atoms with van der Waals surface area (Å²) in [6, 6.07) is 0. The lowest BCUT2D eigenvalue weighted by Gasteiger charge is -2.28. The molecular weight excluding hydrogens is 145 g/mol. The third-order valence-electron chi connectivity index (χ3n) is 2.21. The quantitative estimate of drug-likeness (QED) is 0.344. The molecule has 1 fully saturated rings. The van der Waals surface area contributed by atoms with Crippen molar-refractivity contribution in [3.05, 3.63) is 0 Å². The van der Waals surface area contributed by atoms with E-state index in [4.69, 9.17) is 6.42 Å². The fraction of sp³-hybridized carbons (Fsp3) is 0.750. The molecule has 11 heavy (non-hydrogen) atoms. The Kier molecular flexibility index (Phi) is 2.48. The van der Waals surface area contributed by atoms with Gasteiger partial charge >= 0.3 is 0 Å². The highest BCUT2D eigenvalue weighted by Gasteiger charge is 2.36. The number of halogens is 1. The highest BCUT2D eigenvalue weighted by atomic mass is 19.1. The number of quaternary nitrogens is 1. The Morgan fingerprint density at radius 3 is 2.82 bits per heavy atom. The highest BCUT2D eigenvalue weighted by Crippen LogP contribution is 2.19. The van der Waals surface area contributed by atoms with Crippen LogP contribution in [0.2, 0.25) is 0 Å². The topological polar surface area (TPSA) is 20.2 Å². The Hall–Kier alpha value is -0.590. The summed E-state index contributed by atoms with van der Waals surface area (Å²) in [4.78, 5) is 0. The first-order valence-corrected chi connectivity index (χ1v) is 3.75. The van der Waals surface area contributed by atoms with Crippen LogP contribution < -0.4 is 0 Å². The van der Waals surface area contributed by atoms with E-state index in [2.05, 4.69) is 5.92 Å². The summed E-state index contributed by atoms with van der Waals surface area (Å²) in [5.74, 6) is 2.44. The second kappa shape index (κ2) is 3.21.